The maximum atomic E-state index is 12.7. The molecule has 0 spiro atoms. The molecular weight excluding hydrogens is 333 g/mol. The topological polar surface area (TPSA) is 43.4 Å². The molecule has 0 N–H and O–H groups in total. The largest absolute Gasteiger partial charge is 0.465 e. The van der Waals surface area contributed by atoms with E-state index in [0.29, 0.717) is 25.0 Å². The van der Waals surface area contributed by atoms with Gasteiger partial charge in [-0.1, -0.05) is 57.4 Å². The number of benzene rings is 1. The van der Waals surface area contributed by atoms with Crippen LogP contribution < -0.4 is 0 Å². The third-order valence-electron chi connectivity index (χ3n) is 4.60. The molecule has 0 amide bonds. The Balaban J connectivity index is 2.29. The van der Waals surface area contributed by atoms with Gasteiger partial charge in [-0.2, -0.15) is 13.2 Å². The summed E-state index contributed by atoms with van der Waals surface area (Å²) in [6.45, 7) is 4.20. The zero-order valence-electron chi connectivity index (χ0n) is 14.5. The molecular formula is C19H23F3O3. The number of ether oxygens (including phenoxy) is 1. The molecule has 0 heterocycles. The Kier molecular flexibility index (Phi) is 5.91. The lowest BCUT2D eigenvalue weighted by molar-refractivity contribution is -0.153. The molecule has 1 aliphatic carbocycles. The maximum absolute atomic E-state index is 12.7. The van der Waals surface area contributed by atoms with Gasteiger partial charge in [0.05, 0.1) is 12.0 Å². The van der Waals surface area contributed by atoms with Crippen LogP contribution in [0.4, 0.5) is 13.2 Å². The van der Waals surface area contributed by atoms with Gasteiger partial charge in [-0.15, -0.1) is 0 Å². The number of hydrogen-bond donors (Lipinski definition) is 0. The monoisotopic (exact) mass is 356 g/mol. The molecule has 0 radical (unpaired) electrons. The number of carbonyl (C=O) groups excluding carboxylic acids is 2. The van der Waals surface area contributed by atoms with Crippen molar-refractivity contribution < 1.29 is 27.5 Å². The summed E-state index contributed by atoms with van der Waals surface area (Å²) in [5, 5.41) is 0. The SMILES string of the molecule is CC(C)COC(=O)C1(c2ccc(C(=O)C(F)(F)F)cc2)CCCCC1. The van der Waals surface area contributed by atoms with Crippen LogP contribution in [0.25, 0.3) is 0 Å². The van der Waals surface area contributed by atoms with Crippen molar-refractivity contribution in [2.24, 2.45) is 5.92 Å². The quantitative estimate of drug-likeness (QED) is 0.560. The molecule has 1 saturated carbocycles. The summed E-state index contributed by atoms with van der Waals surface area (Å²) in [6.07, 6.45) is -0.947. The summed E-state index contributed by atoms with van der Waals surface area (Å²) in [5.41, 5.74) is -0.620. The van der Waals surface area contributed by atoms with Gasteiger partial charge in [0.15, 0.2) is 0 Å². The van der Waals surface area contributed by atoms with Crippen molar-refractivity contribution in [3.05, 3.63) is 35.4 Å². The van der Waals surface area contributed by atoms with Crippen LogP contribution in [-0.2, 0) is 14.9 Å². The van der Waals surface area contributed by atoms with E-state index < -0.39 is 22.9 Å². The predicted molar refractivity (Wildman–Crippen MR) is 87.4 cm³/mol. The number of Topliss-reactive ketones (excluding diaryl/α,β-unsaturated/α-hetero) is 1. The molecule has 1 aromatic carbocycles. The van der Waals surface area contributed by atoms with Gasteiger partial charge in [0.2, 0.25) is 0 Å². The standard InChI is InChI=1S/C19H23F3O3/c1-13(2)12-25-17(24)18(10-4-3-5-11-18)15-8-6-14(7-9-15)16(23)19(20,21)22/h6-9,13H,3-5,10-12H2,1-2H3. The summed E-state index contributed by atoms with van der Waals surface area (Å²) < 4.78 is 43.1. The van der Waals surface area contributed by atoms with Gasteiger partial charge >= 0.3 is 12.1 Å². The Morgan fingerprint density at radius 2 is 1.64 bits per heavy atom. The van der Waals surface area contributed by atoms with Crippen molar-refractivity contribution in [3.63, 3.8) is 0 Å². The molecule has 0 unspecified atom stereocenters. The van der Waals surface area contributed by atoms with Crippen LogP contribution in [-0.4, -0.2) is 24.5 Å². The molecule has 1 fully saturated rings. The predicted octanol–water partition coefficient (Wildman–Crippen LogP) is 4.83. The van der Waals surface area contributed by atoms with Crippen molar-refractivity contribution in [2.75, 3.05) is 6.61 Å². The van der Waals surface area contributed by atoms with Crippen LogP contribution in [0.1, 0.15) is 61.9 Å². The molecule has 0 aromatic heterocycles. The van der Waals surface area contributed by atoms with Crippen molar-refractivity contribution in [2.45, 2.75) is 57.5 Å². The highest BCUT2D eigenvalue weighted by atomic mass is 19.4. The molecule has 1 aromatic rings. The van der Waals surface area contributed by atoms with E-state index in [-0.39, 0.29) is 11.9 Å². The Morgan fingerprint density at radius 3 is 2.12 bits per heavy atom. The lowest BCUT2D eigenvalue weighted by Gasteiger charge is -2.35. The molecule has 0 aliphatic heterocycles. The minimum atomic E-state index is -4.90. The van der Waals surface area contributed by atoms with Crippen LogP contribution in [0.5, 0.6) is 0 Å². The van der Waals surface area contributed by atoms with E-state index in [2.05, 4.69) is 0 Å². The van der Waals surface area contributed by atoms with Crippen LogP contribution in [0.2, 0.25) is 0 Å². The lowest BCUT2D eigenvalue weighted by Crippen LogP contribution is -2.40. The van der Waals surface area contributed by atoms with E-state index in [1.54, 1.807) is 0 Å². The fourth-order valence-corrected chi connectivity index (χ4v) is 3.25. The van der Waals surface area contributed by atoms with E-state index in [9.17, 15) is 22.8 Å². The fraction of sp³-hybridized carbons (Fsp3) is 0.579. The zero-order valence-corrected chi connectivity index (χ0v) is 14.5. The van der Waals surface area contributed by atoms with Crippen LogP contribution in [0.3, 0.4) is 0 Å². The maximum Gasteiger partial charge on any atom is 0.454 e. The van der Waals surface area contributed by atoms with Gasteiger partial charge in [-0.05, 0) is 24.3 Å². The number of halogens is 3. The average molecular weight is 356 g/mol. The summed E-state index contributed by atoms with van der Waals surface area (Å²) in [5.74, 6) is -1.99. The summed E-state index contributed by atoms with van der Waals surface area (Å²) in [6, 6.07) is 5.22. The van der Waals surface area contributed by atoms with Gasteiger partial charge in [0.25, 0.3) is 5.78 Å². The fourth-order valence-electron chi connectivity index (χ4n) is 3.25. The highest BCUT2D eigenvalue weighted by Crippen LogP contribution is 2.41. The van der Waals surface area contributed by atoms with E-state index in [1.165, 1.54) is 12.1 Å². The van der Waals surface area contributed by atoms with E-state index >= 15 is 0 Å². The van der Waals surface area contributed by atoms with Crippen molar-refractivity contribution in [1.82, 2.24) is 0 Å². The third-order valence-corrected chi connectivity index (χ3v) is 4.60. The molecule has 0 saturated heterocycles. The summed E-state index contributed by atoms with van der Waals surface area (Å²) in [7, 11) is 0. The first kappa shape index (κ1) is 19.5. The van der Waals surface area contributed by atoms with Gasteiger partial charge in [-0.25, -0.2) is 0 Å². The minimum absolute atomic E-state index is 0.205. The van der Waals surface area contributed by atoms with Gasteiger partial charge in [0.1, 0.15) is 0 Å². The number of rotatable bonds is 5. The van der Waals surface area contributed by atoms with E-state index in [1.807, 2.05) is 13.8 Å². The highest BCUT2D eigenvalue weighted by Gasteiger charge is 2.43. The first-order valence-corrected chi connectivity index (χ1v) is 8.56. The number of carbonyl (C=O) groups is 2. The summed E-state index contributed by atoms with van der Waals surface area (Å²) >= 11 is 0. The number of alkyl halides is 3. The normalized spacial score (nSPS) is 17.4. The Bertz CT molecular complexity index is 612. The third kappa shape index (κ3) is 4.41. The van der Waals surface area contributed by atoms with Crippen LogP contribution >= 0.6 is 0 Å². The Hall–Kier alpha value is -1.85. The smallest absolute Gasteiger partial charge is 0.454 e. The molecule has 6 heteroatoms. The molecule has 3 nitrogen and oxygen atoms in total. The van der Waals surface area contributed by atoms with Gasteiger partial charge in [-0.3, -0.25) is 9.59 Å². The zero-order chi connectivity index (χ0) is 18.7. The van der Waals surface area contributed by atoms with E-state index in [0.717, 1.165) is 31.4 Å². The van der Waals surface area contributed by atoms with Crippen molar-refractivity contribution in [3.8, 4) is 0 Å². The average Bonchev–Trinajstić information content (AvgIpc) is 2.59. The van der Waals surface area contributed by atoms with Crippen molar-refractivity contribution >= 4 is 11.8 Å². The Morgan fingerprint density at radius 1 is 1.08 bits per heavy atom. The minimum Gasteiger partial charge on any atom is -0.465 e. The van der Waals surface area contributed by atoms with Crippen LogP contribution in [0, 0.1) is 5.92 Å². The molecule has 1 aliphatic rings. The van der Waals surface area contributed by atoms with Gasteiger partial charge < -0.3 is 4.74 Å². The molecule has 25 heavy (non-hydrogen) atoms. The molecule has 138 valence electrons. The van der Waals surface area contributed by atoms with Crippen LogP contribution in [0.15, 0.2) is 24.3 Å². The van der Waals surface area contributed by atoms with Gasteiger partial charge in [0, 0.05) is 5.56 Å². The van der Waals surface area contributed by atoms with Crippen molar-refractivity contribution in [1.29, 1.82) is 0 Å². The Labute approximate surface area is 145 Å². The molecule has 0 atom stereocenters. The molecule has 2 rings (SSSR count). The first-order valence-electron chi connectivity index (χ1n) is 8.56. The second-order valence-electron chi connectivity index (χ2n) is 7.04. The number of esters is 1. The van der Waals surface area contributed by atoms with E-state index in [4.69, 9.17) is 4.74 Å². The summed E-state index contributed by atoms with van der Waals surface area (Å²) in [4.78, 5) is 24.1. The first-order chi connectivity index (χ1) is 11.7. The molecule has 0 bridgehead atoms. The second kappa shape index (κ2) is 7.58. The number of hydrogen-bond acceptors (Lipinski definition) is 3. The second-order valence-corrected chi connectivity index (χ2v) is 7.04. The highest BCUT2D eigenvalue weighted by molar-refractivity contribution is 6.00. The number of ketones is 1. The lowest BCUT2D eigenvalue weighted by atomic mass is 9.69.